The molecular formula is C23H22F3N3O2. The standard InChI is InChI=1S/C23H22F3N3O2/c1-5-28(19-12-14(2)10-11-15(19)3)22(31)21-20(30)13-16(4)29(27-21)18-9-7-6-8-17(18)23(24,25)26/h6-13H,5H2,1-4H3. The molecule has 0 atom stereocenters. The zero-order chi connectivity index (χ0) is 22.9. The molecule has 1 heterocycles. The lowest BCUT2D eigenvalue weighted by atomic mass is 10.1. The molecule has 0 saturated carbocycles. The summed E-state index contributed by atoms with van der Waals surface area (Å²) in [5.74, 6) is -0.667. The fraction of sp³-hybridized carbons (Fsp3) is 0.261. The van der Waals surface area contributed by atoms with E-state index in [1.54, 1.807) is 6.92 Å². The number of rotatable bonds is 4. The Kier molecular flexibility index (Phi) is 6.01. The van der Waals surface area contributed by atoms with E-state index in [9.17, 15) is 22.8 Å². The number of halogens is 3. The van der Waals surface area contributed by atoms with Gasteiger partial charge in [0.1, 0.15) is 0 Å². The number of nitrogens with zero attached hydrogens (tertiary/aromatic N) is 3. The SMILES string of the molecule is CCN(C(=O)c1nn(-c2ccccc2C(F)(F)F)c(C)cc1=O)c1cc(C)ccc1C. The first-order valence-corrected chi connectivity index (χ1v) is 9.71. The van der Waals surface area contributed by atoms with Gasteiger partial charge in [-0.25, -0.2) is 4.68 Å². The molecule has 0 aliphatic carbocycles. The number of hydrogen-bond acceptors (Lipinski definition) is 3. The van der Waals surface area contributed by atoms with Crippen molar-refractivity contribution in [2.24, 2.45) is 0 Å². The number of anilines is 1. The van der Waals surface area contributed by atoms with Gasteiger partial charge in [-0.3, -0.25) is 9.59 Å². The summed E-state index contributed by atoms with van der Waals surface area (Å²) in [6.45, 7) is 7.21. The van der Waals surface area contributed by atoms with E-state index < -0.39 is 28.8 Å². The van der Waals surface area contributed by atoms with Gasteiger partial charge in [0.05, 0.1) is 11.3 Å². The predicted octanol–water partition coefficient (Wildman–Crippen LogP) is 4.84. The number of hydrogen-bond donors (Lipinski definition) is 0. The molecule has 0 N–H and O–H groups in total. The smallest absolute Gasteiger partial charge is 0.307 e. The van der Waals surface area contributed by atoms with Crippen LogP contribution in [-0.4, -0.2) is 22.2 Å². The average Bonchev–Trinajstić information content (AvgIpc) is 2.70. The van der Waals surface area contributed by atoms with Crippen LogP contribution in [0.2, 0.25) is 0 Å². The molecular weight excluding hydrogens is 407 g/mol. The highest BCUT2D eigenvalue weighted by molar-refractivity contribution is 6.05. The van der Waals surface area contributed by atoms with Crippen LogP contribution in [0.15, 0.2) is 53.3 Å². The van der Waals surface area contributed by atoms with Crippen LogP contribution < -0.4 is 10.3 Å². The van der Waals surface area contributed by atoms with Gasteiger partial charge >= 0.3 is 6.18 Å². The second kappa shape index (κ2) is 8.37. The minimum absolute atomic E-state index is 0.188. The molecule has 1 amide bonds. The molecule has 8 heteroatoms. The Hall–Kier alpha value is -3.42. The molecule has 0 aliphatic rings. The molecule has 0 radical (unpaired) electrons. The van der Waals surface area contributed by atoms with Crippen molar-refractivity contribution >= 4 is 11.6 Å². The van der Waals surface area contributed by atoms with Crippen molar-refractivity contribution < 1.29 is 18.0 Å². The van der Waals surface area contributed by atoms with Crippen LogP contribution in [0.3, 0.4) is 0 Å². The maximum Gasteiger partial charge on any atom is 0.418 e. The molecule has 5 nitrogen and oxygen atoms in total. The summed E-state index contributed by atoms with van der Waals surface area (Å²) in [4.78, 5) is 27.3. The summed E-state index contributed by atoms with van der Waals surface area (Å²) in [5.41, 5.74) is 0.323. The summed E-state index contributed by atoms with van der Waals surface area (Å²) in [6.07, 6.45) is -4.62. The summed E-state index contributed by atoms with van der Waals surface area (Å²) < 4.78 is 41.5. The fourth-order valence-electron chi connectivity index (χ4n) is 3.40. The molecule has 1 aromatic heterocycles. The monoisotopic (exact) mass is 429 g/mol. The fourth-order valence-corrected chi connectivity index (χ4v) is 3.40. The van der Waals surface area contributed by atoms with Crippen molar-refractivity contribution in [1.29, 1.82) is 0 Å². The van der Waals surface area contributed by atoms with Crippen LogP contribution in [0.4, 0.5) is 18.9 Å². The minimum Gasteiger partial charge on any atom is -0.307 e. The molecule has 0 fully saturated rings. The highest BCUT2D eigenvalue weighted by atomic mass is 19.4. The highest BCUT2D eigenvalue weighted by Crippen LogP contribution is 2.33. The maximum atomic E-state index is 13.5. The molecule has 3 rings (SSSR count). The molecule has 0 aliphatic heterocycles. The Balaban J connectivity index is 2.17. The number of carbonyl (C=O) groups is 1. The second-order valence-electron chi connectivity index (χ2n) is 7.26. The van der Waals surface area contributed by atoms with Gasteiger partial charge in [0, 0.05) is 24.0 Å². The van der Waals surface area contributed by atoms with Crippen LogP contribution in [0.1, 0.15) is 39.8 Å². The van der Waals surface area contributed by atoms with Crippen molar-refractivity contribution in [1.82, 2.24) is 9.78 Å². The summed E-state index contributed by atoms with van der Waals surface area (Å²) in [6, 6.07) is 11.6. The third-order valence-corrected chi connectivity index (χ3v) is 4.96. The molecule has 0 saturated heterocycles. The van der Waals surface area contributed by atoms with Gasteiger partial charge in [-0.1, -0.05) is 24.3 Å². The van der Waals surface area contributed by atoms with E-state index in [-0.39, 0.29) is 17.9 Å². The minimum atomic E-state index is -4.62. The van der Waals surface area contributed by atoms with E-state index in [0.29, 0.717) is 5.69 Å². The Morgan fingerprint density at radius 3 is 2.39 bits per heavy atom. The largest absolute Gasteiger partial charge is 0.418 e. The predicted molar refractivity (Wildman–Crippen MR) is 113 cm³/mol. The lowest BCUT2D eigenvalue weighted by molar-refractivity contribution is -0.137. The van der Waals surface area contributed by atoms with Crippen LogP contribution in [0, 0.1) is 20.8 Å². The second-order valence-corrected chi connectivity index (χ2v) is 7.26. The summed E-state index contributed by atoms with van der Waals surface area (Å²) >= 11 is 0. The number of benzene rings is 2. The summed E-state index contributed by atoms with van der Waals surface area (Å²) in [5, 5.41) is 4.08. The Bertz CT molecular complexity index is 1200. The van der Waals surface area contributed by atoms with E-state index in [0.717, 1.165) is 27.9 Å². The van der Waals surface area contributed by atoms with E-state index >= 15 is 0 Å². The summed E-state index contributed by atoms with van der Waals surface area (Å²) in [7, 11) is 0. The number of alkyl halides is 3. The normalized spacial score (nSPS) is 11.5. The van der Waals surface area contributed by atoms with Crippen LogP contribution in [-0.2, 0) is 6.18 Å². The third kappa shape index (κ3) is 4.38. The lowest BCUT2D eigenvalue weighted by Gasteiger charge is -2.23. The first-order chi connectivity index (χ1) is 14.5. The number of para-hydroxylation sites is 1. The number of carbonyl (C=O) groups excluding carboxylic acids is 1. The van der Waals surface area contributed by atoms with E-state index in [4.69, 9.17) is 0 Å². The maximum absolute atomic E-state index is 13.5. The third-order valence-electron chi connectivity index (χ3n) is 4.96. The molecule has 162 valence electrons. The van der Waals surface area contributed by atoms with Gasteiger partial charge in [0.2, 0.25) is 5.43 Å². The lowest BCUT2D eigenvalue weighted by Crippen LogP contribution is -2.37. The molecule has 2 aromatic carbocycles. The zero-order valence-electron chi connectivity index (χ0n) is 17.6. The molecule has 0 spiro atoms. The van der Waals surface area contributed by atoms with Gasteiger partial charge < -0.3 is 4.90 Å². The van der Waals surface area contributed by atoms with E-state index in [1.807, 2.05) is 32.0 Å². The van der Waals surface area contributed by atoms with Gasteiger partial charge in [-0.2, -0.15) is 18.3 Å². The molecule has 0 unspecified atom stereocenters. The van der Waals surface area contributed by atoms with Crippen LogP contribution >= 0.6 is 0 Å². The highest BCUT2D eigenvalue weighted by Gasteiger charge is 2.34. The van der Waals surface area contributed by atoms with Crippen molar-refractivity contribution in [3.05, 3.63) is 86.8 Å². The van der Waals surface area contributed by atoms with Crippen molar-refractivity contribution in [3.63, 3.8) is 0 Å². The molecule has 0 bridgehead atoms. The average molecular weight is 429 g/mol. The first-order valence-electron chi connectivity index (χ1n) is 9.71. The van der Waals surface area contributed by atoms with Gasteiger partial charge in [0.15, 0.2) is 5.69 Å². The number of aryl methyl sites for hydroxylation is 3. The van der Waals surface area contributed by atoms with Crippen molar-refractivity contribution in [2.75, 3.05) is 11.4 Å². The Labute approximate surface area is 177 Å². The zero-order valence-corrected chi connectivity index (χ0v) is 17.6. The molecule has 31 heavy (non-hydrogen) atoms. The molecule has 3 aromatic rings. The van der Waals surface area contributed by atoms with Crippen LogP contribution in [0.25, 0.3) is 5.69 Å². The van der Waals surface area contributed by atoms with Gasteiger partial charge in [-0.15, -0.1) is 0 Å². The topological polar surface area (TPSA) is 55.2 Å². The Morgan fingerprint density at radius 2 is 1.74 bits per heavy atom. The quantitative estimate of drug-likeness (QED) is 0.596. The van der Waals surface area contributed by atoms with Crippen molar-refractivity contribution in [2.45, 2.75) is 33.9 Å². The van der Waals surface area contributed by atoms with Crippen LogP contribution in [0.5, 0.6) is 0 Å². The van der Waals surface area contributed by atoms with E-state index in [2.05, 4.69) is 5.10 Å². The van der Waals surface area contributed by atoms with Crippen molar-refractivity contribution in [3.8, 4) is 5.69 Å². The first kappa shape index (κ1) is 22.3. The van der Waals surface area contributed by atoms with Gasteiger partial charge in [-0.05, 0) is 57.0 Å². The Morgan fingerprint density at radius 1 is 1.06 bits per heavy atom. The van der Waals surface area contributed by atoms with E-state index in [1.165, 1.54) is 30.0 Å². The van der Waals surface area contributed by atoms with Gasteiger partial charge in [0.25, 0.3) is 5.91 Å². The number of aromatic nitrogens is 2. The number of amides is 1.